The maximum Gasteiger partial charge on any atom is 0.228 e. The number of nitrogens with one attached hydrogen (secondary N) is 1. The summed E-state index contributed by atoms with van der Waals surface area (Å²) < 4.78 is 18.1. The van der Waals surface area contributed by atoms with E-state index < -0.39 is 0 Å². The predicted molar refractivity (Wildman–Crippen MR) is 75.0 cm³/mol. The molecule has 0 saturated heterocycles. The van der Waals surface area contributed by atoms with Crippen molar-refractivity contribution in [1.29, 1.82) is 0 Å². The highest BCUT2D eigenvalue weighted by Crippen LogP contribution is 2.09. The smallest absolute Gasteiger partial charge is 0.228 e. The van der Waals surface area contributed by atoms with Crippen LogP contribution in [0.4, 0.5) is 4.39 Å². The lowest BCUT2D eigenvalue weighted by Crippen LogP contribution is -2.28. The lowest BCUT2D eigenvalue weighted by molar-refractivity contribution is 0.358. The summed E-state index contributed by atoms with van der Waals surface area (Å²) in [5, 5.41) is 7.34. The summed E-state index contributed by atoms with van der Waals surface area (Å²) >= 11 is 0. The average molecular weight is 277 g/mol. The van der Waals surface area contributed by atoms with Crippen LogP contribution in [0.15, 0.2) is 28.8 Å². The Hall–Kier alpha value is -1.75. The molecule has 1 aromatic heterocycles. The molecule has 0 aliphatic carbocycles. The average Bonchev–Trinajstić information content (AvgIpc) is 2.86. The molecular weight excluding hydrogens is 257 g/mol. The van der Waals surface area contributed by atoms with Gasteiger partial charge in [0, 0.05) is 18.9 Å². The Morgan fingerprint density at radius 2 is 2.05 bits per heavy atom. The topological polar surface area (TPSA) is 51.0 Å². The van der Waals surface area contributed by atoms with Crippen molar-refractivity contribution in [3.63, 3.8) is 0 Å². The molecule has 1 N–H and O–H groups in total. The first-order chi connectivity index (χ1) is 9.67. The Kier molecular flexibility index (Phi) is 5.24. The van der Waals surface area contributed by atoms with E-state index in [1.807, 2.05) is 0 Å². The van der Waals surface area contributed by atoms with Gasteiger partial charge in [-0.1, -0.05) is 24.2 Å². The second-order valence-corrected chi connectivity index (χ2v) is 4.97. The first-order valence-corrected chi connectivity index (χ1v) is 6.96. The van der Waals surface area contributed by atoms with Crippen LogP contribution in [0.25, 0.3) is 0 Å². The quantitative estimate of drug-likeness (QED) is 0.845. The van der Waals surface area contributed by atoms with Gasteiger partial charge in [-0.3, -0.25) is 0 Å². The van der Waals surface area contributed by atoms with Crippen LogP contribution < -0.4 is 5.32 Å². The number of nitrogens with zero attached hydrogens (tertiary/aromatic N) is 2. The van der Waals surface area contributed by atoms with Crippen molar-refractivity contribution in [2.75, 3.05) is 6.54 Å². The van der Waals surface area contributed by atoms with Crippen LogP contribution in [0, 0.1) is 5.82 Å². The number of hydrogen-bond donors (Lipinski definition) is 1. The SMILES string of the molecule is CCCNC(C)Cc1nc(Cc2ccc(F)cc2)no1. The van der Waals surface area contributed by atoms with Gasteiger partial charge in [0.25, 0.3) is 0 Å². The molecule has 20 heavy (non-hydrogen) atoms. The Labute approximate surface area is 118 Å². The molecule has 2 rings (SSSR count). The van der Waals surface area contributed by atoms with E-state index in [2.05, 4.69) is 29.3 Å². The molecule has 0 fully saturated rings. The van der Waals surface area contributed by atoms with Crippen LogP contribution in [0.5, 0.6) is 0 Å². The first-order valence-electron chi connectivity index (χ1n) is 6.96. The predicted octanol–water partition coefficient (Wildman–Crippen LogP) is 2.73. The minimum Gasteiger partial charge on any atom is -0.339 e. The minimum atomic E-state index is -0.238. The van der Waals surface area contributed by atoms with Crippen molar-refractivity contribution in [2.45, 2.75) is 39.2 Å². The minimum absolute atomic E-state index is 0.238. The van der Waals surface area contributed by atoms with Gasteiger partial charge in [-0.2, -0.15) is 4.98 Å². The third-order valence-corrected chi connectivity index (χ3v) is 3.01. The molecule has 4 nitrogen and oxygen atoms in total. The van der Waals surface area contributed by atoms with E-state index in [1.54, 1.807) is 12.1 Å². The zero-order chi connectivity index (χ0) is 14.4. The van der Waals surface area contributed by atoms with Crippen molar-refractivity contribution in [3.05, 3.63) is 47.4 Å². The number of hydrogen-bond acceptors (Lipinski definition) is 4. The van der Waals surface area contributed by atoms with Gasteiger partial charge in [-0.25, -0.2) is 4.39 Å². The number of rotatable bonds is 7. The van der Waals surface area contributed by atoms with Gasteiger partial charge in [0.05, 0.1) is 0 Å². The van der Waals surface area contributed by atoms with Gasteiger partial charge in [0.1, 0.15) is 5.82 Å². The number of aromatic nitrogens is 2. The van der Waals surface area contributed by atoms with E-state index in [9.17, 15) is 4.39 Å². The van der Waals surface area contributed by atoms with Gasteiger partial charge in [0.2, 0.25) is 5.89 Å². The molecule has 1 aromatic carbocycles. The zero-order valence-corrected chi connectivity index (χ0v) is 11.9. The summed E-state index contributed by atoms with van der Waals surface area (Å²) in [6.45, 7) is 5.21. The van der Waals surface area contributed by atoms with Crippen LogP contribution in [0.2, 0.25) is 0 Å². The van der Waals surface area contributed by atoms with E-state index in [-0.39, 0.29) is 5.82 Å². The fourth-order valence-corrected chi connectivity index (χ4v) is 1.95. The van der Waals surface area contributed by atoms with Crippen molar-refractivity contribution in [1.82, 2.24) is 15.5 Å². The molecule has 5 heteroatoms. The Morgan fingerprint density at radius 1 is 1.30 bits per heavy atom. The highest BCUT2D eigenvalue weighted by Gasteiger charge is 2.10. The largest absolute Gasteiger partial charge is 0.339 e. The fourth-order valence-electron chi connectivity index (χ4n) is 1.95. The van der Waals surface area contributed by atoms with E-state index in [1.165, 1.54) is 12.1 Å². The van der Waals surface area contributed by atoms with E-state index >= 15 is 0 Å². The van der Waals surface area contributed by atoms with Gasteiger partial charge >= 0.3 is 0 Å². The maximum atomic E-state index is 12.8. The van der Waals surface area contributed by atoms with E-state index in [0.717, 1.165) is 24.9 Å². The summed E-state index contributed by atoms with van der Waals surface area (Å²) in [4.78, 5) is 4.36. The van der Waals surface area contributed by atoms with Crippen LogP contribution >= 0.6 is 0 Å². The molecule has 1 unspecified atom stereocenters. The molecule has 1 atom stereocenters. The number of halogens is 1. The Bertz CT molecular complexity index is 524. The number of benzene rings is 1. The normalized spacial score (nSPS) is 12.6. The van der Waals surface area contributed by atoms with Gasteiger partial charge in [0.15, 0.2) is 5.82 Å². The molecule has 108 valence electrons. The summed E-state index contributed by atoms with van der Waals surface area (Å²) in [6, 6.07) is 6.65. The standard InChI is InChI=1S/C15H20FN3O/c1-3-8-17-11(2)9-15-18-14(19-20-15)10-12-4-6-13(16)7-5-12/h4-7,11,17H,3,8-10H2,1-2H3. The van der Waals surface area contributed by atoms with Crippen LogP contribution in [0.1, 0.15) is 37.5 Å². The van der Waals surface area contributed by atoms with Gasteiger partial charge < -0.3 is 9.84 Å². The summed E-state index contributed by atoms with van der Waals surface area (Å²) in [6.07, 6.45) is 2.38. The Balaban J connectivity index is 1.90. The van der Waals surface area contributed by atoms with E-state index in [0.29, 0.717) is 24.2 Å². The monoisotopic (exact) mass is 277 g/mol. The third kappa shape index (κ3) is 4.42. The van der Waals surface area contributed by atoms with Crippen LogP contribution in [-0.4, -0.2) is 22.7 Å². The lowest BCUT2D eigenvalue weighted by Gasteiger charge is -2.09. The van der Waals surface area contributed by atoms with Crippen molar-refractivity contribution in [3.8, 4) is 0 Å². The summed E-state index contributed by atoms with van der Waals surface area (Å²) in [5.74, 6) is 1.03. The van der Waals surface area contributed by atoms with Crippen molar-refractivity contribution in [2.24, 2.45) is 0 Å². The first kappa shape index (κ1) is 14.7. The summed E-state index contributed by atoms with van der Waals surface area (Å²) in [7, 11) is 0. The molecule has 0 saturated carbocycles. The highest BCUT2D eigenvalue weighted by atomic mass is 19.1. The molecule has 1 heterocycles. The molecule has 0 spiro atoms. The molecular formula is C15H20FN3O. The molecule has 0 aliphatic heterocycles. The second-order valence-electron chi connectivity index (χ2n) is 4.97. The van der Waals surface area contributed by atoms with Crippen LogP contribution in [-0.2, 0) is 12.8 Å². The summed E-state index contributed by atoms with van der Waals surface area (Å²) in [5.41, 5.74) is 0.968. The second kappa shape index (κ2) is 7.14. The van der Waals surface area contributed by atoms with Gasteiger partial charge in [-0.05, 0) is 37.6 Å². The molecule has 0 bridgehead atoms. The van der Waals surface area contributed by atoms with Crippen molar-refractivity contribution >= 4 is 0 Å². The zero-order valence-electron chi connectivity index (χ0n) is 11.9. The highest BCUT2D eigenvalue weighted by molar-refractivity contribution is 5.19. The molecule has 2 aromatic rings. The third-order valence-electron chi connectivity index (χ3n) is 3.01. The van der Waals surface area contributed by atoms with Crippen molar-refractivity contribution < 1.29 is 8.91 Å². The van der Waals surface area contributed by atoms with E-state index in [4.69, 9.17) is 4.52 Å². The Morgan fingerprint density at radius 3 is 2.75 bits per heavy atom. The molecule has 0 amide bonds. The van der Waals surface area contributed by atoms with Crippen LogP contribution in [0.3, 0.4) is 0 Å². The lowest BCUT2D eigenvalue weighted by atomic mass is 10.1. The van der Waals surface area contributed by atoms with Gasteiger partial charge in [-0.15, -0.1) is 0 Å². The maximum absolute atomic E-state index is 12.8. The molecule has 0 aliphatic rings. The molecule has 0 radical (unpaired) electrons. The fraction of sp³-hybridized carbons (Fsp3) is 0.467.